The van der Waals surface area contributed by atoms with Crippen molar-refractivity contribution >= 4 is 0 Å². The van der Waals surface area contributed by atoms with Crippen molar-refractivity contribution in [1.29, 1.82) is 0 Å². The van der Waals surface area contributed by atoms with Gasteiger partial charge in [-0.2, -0.15) is 0 Å². The first-order chi connectivity index (χ1) is 6.45. The zero-order valence-electron chi connectivity index (χ0n) is 7.07. The number of benzene rings is 1. The molecule has 0 aliphatic heterocycles. The fourth-order valence-electron chi connectivity index (χ4n) is 1.01. The average molecular weight is 173 g/mol. The van der Waals surface area contributed by atoms with Gasteiger partial charge in [-0.1, -0.05) is 12.1 Å². The minimum Gasteiger partial charge on any atom is -0.489 e. The van der Waals surface area contributed by atoms with Crippen LogP contribution in [0.5, 0.6) is 5.75 Å². The van der Waals surface area contributed by atoms with E-state index in [2.05, 4.69) is 6.07 Å². The highest BCUT2D eigenvalue weighted by Gasteiger charge is 1.95. The van der Waals surface area contributed by atoms with Gasteiger partial charge < -0.3 is 9.15 Å². The van der Waals surface area contributed by atoms with Gasteiger partial charge in [0.05, 0.1) is 12.5 Å². The van der Waals surface area contributed by atoms with Crippen LogP contribution in [0.3, 0.4) is 0 Å². The van der Waals surface area contributed by atoms with Gasteiger partial charge in [-0.25, -0.2) is 0 Å². The first kappa shape index (κ1) is 7.92. The Labute approximate surface area is 76.8 Å². The van der Waals surface area contributed by atoms with Crippen molar-refractivity contribution in [3.05, 3.63) is 54.5 Å². The second-order valence-corrected chi connectivity index (χ2v) is 2.66. The Morgan fingerprint density at radius 3 is 3.08 bits per heavy atom. The SMILES string of the molecule is [c]1cccc(OCc2ccoc2)c1. The molecule has 2 nitrogen and oxygen atoms in total. The van der Waals surface area contributed by atoms with Crippen molar-refractivity contribution in [1.82, 2.24) is 0 Å². The summed E-state index contributed by atoms with van der Waals surface area (Å²) in [6.45, 7) is 0.536. The molecule has 0 spiro atoms. The quantitative estimate of drug-likeness (QED) is 0.711. The summed E-state index contributed by atoms with van der Waals surface area (Å²) in [7, 11) is 0. The summed E-state index contributed by atoms with van der Waals surface area (Å²) in [5.41, 5.74) is 1.03. The minimum atomic E-state index is 0.536. The molecule has 0 saturated heterocycles. The molecule has 13 heavy (non-hydrogen) atoms. The lowest BCUT2D eigenvalue weighted by Gasteiger charge is -2.02. The number of hydrogen-bond donors (Lipinski definition) is 0. The van der Waals surface area contributed by atoms with Crippen LogP contribution in [0.1, 0.15) is 5.56 Å². The van der Waals surface area contributed by atoms with Crippen molar-refractivity contribution in [3.63, 3.8) is 0 Å². The third-order valence-electron chi connectivity index (χ3n) is 1.66. The first-order valence-corrected chi connectivity index (χ1v) is 4.05. The van der Waals surface area contributed by atoms with E-state index in [1.54, 1.807) is 18.6 Å². The number of hydrogen-bond acceptors (Lipinski definition) is 2. The molecule has 0 bridgehead atoms. The van der Waals surface area contributed by atoms with Crippen LogP contribution in [0, 0.1) is 6.07 Å². The maximum absolute atomic E-state index is 5.46. The standard InChI is InChI=1S/C11H9O2/c1-2-4-11(5-3-1)13-9-10-6-7-12-8-10/h1-2,4-8H,9H2. The van der Waals surface area contributed by atoms with E-state index in [4.69, 9.17) is 9.15 Å². The molecule has 0 fully saturated rings. The summed E-state index contributed by atoms with van der Waals surface area (Å²) in [5.74, 6) is 0.823. The molecular weight excluding hydrogens is 164 g/mol. The summed E-state index contributed by atoms with van der Waals surface area (Å²) in [6, 6.07) is 12.3. The molecule has 0 unspecified atom stereocenters. The van der Waals surface area contributed by atoms with Crippen molar-refractivity contribution in [2.45, 2.75) is 6.61 Å². The zero-order chi connectivity index (χ0) is 8.93. The summed E-state index contributed by atoms with van der Waals surface area (Å²) in [6.07, 6.45) is 3.31. The Morgan fingerprint density at radius 2 is 2.38 bits per heavy atom. The van der Waals surface area contributed by atoms with E-state index >= 15 is 0 Å². The first-order valence-electron chi connectivity index (χ1n) is 4.05. The van der Waals surface area contributed by atoms with Crippen LogP contribution in [-0.4, -0.2) is 0 Å². The highest BCUT2D eigenvalue weighted by atomic mass is 16.5. The van der Waals surface area contributed by atoms with Gasteiger partial charge in [0, 0.05) is 5.56 Å². The van der Waals surface area contributed by atoms with E-state index in [-0.39, 0.29) is 0 Å². The van der Waals surface area contributed by atoms with E-state index in [0.717, 1.165) is 11.3 Å². The predicted molar refractivity (Wildman–Crippen MR) is 48.3 cm³/mol. The van der Waals surface area contributed by atoms with Crippen LogP contribution in [-0.2, 0) is 6.61 Å². The lowest BCUT2D eigenvalue weighted by molar-refractivity contribution is 0.304. The molecule has 2 aromatic rings. The van der Waals surface area contributed by atoms with Gasteiger partial charge in [0.2, 0.25) is 0 Å². The molecule has 2 rings (SSSR count). The topological polar surface area (TPSA) is 22.4 Å². The third kappa shape index (κ3) is 2.12. The lowest BCUT2D eigenvalue weighted by atomic mass is 10.3. The average Bonchev–Trinajstić information content (AvgIpc) is 2.69. The summed E-state index contributed by atoms with van der Waals surface area (Å²) in [4.78, 5) is 0. The van der Waals surface area contributed by atoms with Gasteiger partial charge in [0.1, 0.15) is 12.4 Å². The fourth-order valence-corrected chi connectivity index (χ4v) is 1.01. The Hall–Kier alpha value is -1.70. The molecule has 1 aromatic carbocycles. The second-order valence-electron chi connectivity index (χ2n) is 2.66. The van der Waals surface area contributed by atoms with Crippen LogP contribution < -0.4 is 4.74 Å². The van der Waals surface area contributed by atoms with Gasteiger partial charge in [-0.05, 0) is 24.3 Å². The van der Waals surface area contributed by atoms with E-state index in [1.807, 2.05) is 24.3 Å². The zero-order valence-corrected chi connectivity index (χ0v) is 7.07. The van der Waals surface area contributed by atoms with Gasteiger partial charge in [-0.15, -0.1) is 0 Å². The van der Waals surface area contributed by atoms with Crippen molar-refractivity contribution in [2.75, 3.05) is 0 Å². The van der Waals surface area contributed by atoms with Crippen molar-refractivity contribution in [3.8, 4) is 5.75 Å². The van der Waals surface area contributed by atoms with Crippen LogP contribution >= 0.6 is 0 Å². The van der Waals surface area contributed by atoms with Crippen LogP contribution in [0.4, 0.5) is 0 Å². The van der Waals surface area contributed by atoms with E-state index < -0.39 is 0 Å². The lowest BCUT2D eigenvalue weighted by Crippen LogP contribution is -1.92. The van der Waals surface area contributed by atoms with Gasteiger partial charge in [0.25, 0.3) is 0 Å². The molecule has 1 radical (unpaired) electrons. The summed E-state index contributed by atoms with van der Waals surface area (Å²) in [5, 5.41) is 0. The molecule has 0 aliphatic rings. The van der Waals surface area contributed by atoms with Crippen LogP contribution in [0.25, 0.3) is 0 Å². The molecule has 2 heteroatoms. The number of ether oxygens (including phenoxy) is 1. The van der Waals surface area contributed by atoms with E-state index in [9.17, 15) is 0 Å². The van der Waals surface area contributed by atoms with E-state index in [0.29, 0.717) is 6.61 Å². The maximum Gasteiger partial charge on any atom is 0.120 e. The molecule has 0 amide bonds. The van der Waals surface area contributed by atoms with Crippen LogP contribution in [0.2, 0.25) is 0 Å². The fraction of sp³-hybridized carbons (Fsp3) is 0.0909. The normalized spacial score (nSPS) is 9.85. The largest absolute Gasteiger partial charge is 0.489 e. The highest BCUT2D eigenvalue weighted by Crippen LogP contribution is 2.11. The predicted octanol–water partition coefficient (Wildman–Crippen LogP) is 2.66. The molecule has 0 saturated carbocycles. The monoisotopic (exact) mass is 173 g/mol. The summed E-state index contributed by atoms with van der Waals surface area (Å²) < 4.78 is 10.4. The summed E-state index contributed by atoms with van der Waals surface area (Å²) >= 11 is 0. The van der Waals surface area contributed by atoms with Crippen molar-refractivity contribution in [2.24, 2.45) is 0 Å². The number of furan rings is 1. The van der Waals surface area contributed by atoms with Crippen molar-refractivity contribution < 1.29 is 9.15 Å². The molecule has 0 N–H and O–H groups in total. The molecular formula is C11H9O2. The molecule has 0 aliphatic carbocycles. The van der Waals surface area contributed by atoms with E-state index in [1.165, 1.54) is 0 Å². The Morgan fingerprint density at radius 1 is 1.38 bits per heavy atom. The smallest absolute Gasteiger partial charge is 0.120 e. The second kappa shape index (κ2) is 3.81. The number of rotatable bonds is 3. The van der Waals surface area contributed by atoms with Gasteiger partial charge >= 0.3 is 0 Å². The highest BCUT2D eigenvalue weighted by molar-refractivity contribution is 5.20. The molecule has 65 valence electrons. The Balaban J connectivity index is 1.94. The molecule has 1 heterocycles. The Kier molecular flexibility index (Phi) is 2.32. The molecule has 1 aromatic heterocycles. The third-order valence-corrected chi connectivity index (χ3v) is 1.66. The minimum absolute atomic E-state index is 0.536. The molecule has 0 atom stereocenters. The van der Waals surface area contributed by atoms with Gasteiger partial charge in [-0.3, -0.25) is 0 Å². The maximum atomic E-state index is 5.46. The van der Waals surface area contributed by atoms with Crippen LogP contribution in [0.15, 0.2) is 47.3 Å². The Bertz CT molecular complexity index is 338. The van der Waals surface area contributed by atoms with Gasteiger partial charge in [0.15, 0.2) is 0 Å².